The Morgan fingerprint density at radius 2 is 2.05 bits per heavy atom. The van der Waals surface area contributed by atoms with Crippen LogP contribution < -0.4 is 10.1 Å². The van der Waals surface area contributed by atoms with Crippen LogP contribution in [0.3, 0.4) is 0 Å². The number of ether oxygens (including phenoxy) is 3. The monoisotopic (exact) mass is 559 g/mol. The number of fused-ring (bicyclic) bond motifs is 3. The van der Waals surface area contributed by atoms with Gasteiger partial charge in [0.25, 0.3) is 5.91 Å². The highest BCUT2D eigenvalue weighted by Crippen LogP contribution is 2.29. The molecule has 1 unspecified atom stereocenters. The zero-order chi connectivity index (χ0) is 28.2. The van der Waals surface area contributed by atoms with Gasteiger partial charge in [0.2, 0.25) is 11.7 Å². The third kappa shape index (κ3) is 5.87. The van der Waals surface area contributed by atoms with Gasteiger partial charge >= 0.3 is 0 Å². The quantitative estimate of drug-likeness (QED) is 0.259. The van der Waals surface area contributed by atoms with E-state index in [2.05, 4.69) is 25.7 Å². The van der Waals surface area contributed by atoms with Gasteiger partial charge in [0.05, 0.1) is 17.9 Å². The first-order valence-electron chi connectivity index (χ1n) is 13.4. The maximum atomic E-state index is 12.3. The molecule has 0 spiro atoms. The van der Waals surface area contributed by atoms with Crippen molar-refractivity contribution in [2.24, 2.45) is 0 Å². The molecule has 0 aliphatic carbocycles. The summed E-state index contributed by atoms with van der Waals surface area (Å²) in [7, 11) is 0. The number of rotatable bonds is 10. The summed E-state index contributed by atoms with van der Waals surface area (Å²) in [6.07, 6.45) is 4.21. The lowest BCUT2D eigenvalue weighted by molar-refractivity contribution is -0.171. The van der Waals surface area contributed by atoms with Crippen molar-refractivity contribution in [2.75, 3.05) is 13.2 Å². The second-order valence-electron chi connectivity index (χ2n) is 9.78. The summed E-state index contributed by atoms with van der Waals surface area (Å²) in [6, 6.07) is 12.4. The number of carbonyl (C=O) groups excluding carboxylic acids is 1. The number of pyridine rings is 1. The summed E-state index contributed by atoms with van der Waals surface area (Å²) in [6.45, 7) is 2.61. The van der Waals surface area contributed by atoms with E-state index in [-0.39, 0.29) is 38.1 Å². The number of hydrogen-bond acceptors (Lipinski definition) is 11. The zero-order valence-corrected chi connectivity index (χ0v) is 22.4. The van der Waals surface area contributed by atoms with Crippen molar-refractivity contribution in [1.82, 2.24) is 35.3 Å². The average Bonchev–Trinajstić information content (AvgIpc) is 3.66. The van der Waals surface area contributed by atoms with Gasteiger partial charge in [-0.3, -0.25) is 9.78 Å². The Morgan fingerprint density at radius 1 is 1.17 bits per heavy atom. The molecule has 1 fully saturated rings. The fourth-order valence-electron chi connectivity index (χ4n) is 4.46. The van der Waals surface area contributed by atoms with Crippen LogP contribution in [-0.4, -0.2) is 66.5 Å². The number of aromatic nitrogens is 6. The van der Waals surface area contributed by atoms with E-state index in [4.69, 9.17) is 28.9 Å². The minimum atomic E-state index is -0.351. The van der Waals surface area contributed by atoms with Crippen LogP contribution in [-0.2, 0) is 22.7 Å². The smallest absolute Gasteiger partial charge is 0.253 e. The van der Waals surface area contributed by atoms with Gasteiger partial charge in [0.1, 0.15) is 13.2 Å². The highest BCUT2D eigenvalue weighted by molar-refractivity contribution is 5.97. The Morgan fingerprint density at radius 3 is 2.83 bits per heavy atom. The molecule has 2 atom stereocenters. The summed E-state index contributed by atoms with van der Waals surface area (Å²) >= 11 is 0. The van der Waals surface area contributed by atoms with Crippen molar-refractivity contribution in [3.8, 4) is 17.4 Å². The lowest BCUT2D eigenvalue weighted by Crippen LogP contribution is -2.35. The SMILES string of the molecule is C[C@H](CO)NC(=O)c1ccc(COc2nn3c(-c4cc(COC5CCCCO5)on4)nnc3c3ccccc23)nc1. The number of aliphatic hydroxyl groups is 1. The topological polar surface area (TPSA) is 159 Å². The maximum absolute atomic E-state index is 12.3. The Kier molecular flexibility index (Phi) is 7.80. The fourth-order valence-corrected chi connectivity index (χ4v) is 4.46. The molecule has 0 bridgehead atoms. The summed E-state index contributed by atoms with van der Waals surface area (Å²) in [5.74, 6) is 0.980. The Labute approximate surface area is 234 Å². The van der Waals surface area contributed by atoms with Gasteiger partial charge in [-0.1, -0.05) is 23.4 Å². The first-order valence-corrected chi connectivity index (χ1v) is 13.4. The summed E-state index contributed by atoms with van der Waals surface area (Å²) in [5, 5.41) is 31.0. The maximum Gasteiger partial charge on any atom is 0.253 e. The number of hydrogen-bond donors (Lipinski definition) is 2. The zero-order valence-electron chi connectivity index (χ0n) is 22.4. The van der Waals surface area contributed by atoms with Gasteiger partial charge in [-0.2, -0.15) is 4.52 Å². The van der Waals surface area contributed by atoms with Crippen molar-refractivity contribution in [1.29, 1.82) is 0 Å². The number of aliphatic hydroxyl groups excluding tert-OH is 1. The van der Waals surface area contributed by atoms with E-state index in [9.17, 15) is 4.79 Å². The van der Waals surface area contributed by atoms with E-state index >= 15 is 0 Å². The van der Waals surface area contributed by atoms with Crippen LogP contribution in [0.15, 0.2) is 53.2 Å². The highest BCUT2D eigenvalue weighted by Gasteiger charge is 2.20. The van der Waals surface area contributed by atoms with Crippen LogP contribution in [0, 0.1) is 0 Å². The highest BCUT2D eigenvalue weighted by atomic mass is 16.7. The molecule has 6 rings (SSSR count). The number of amides is 1. The minimum Gasteiger partial charge on any atom is -0.470 e. The Balaban J connectivity index is 1.22. The van der Waals surface area contributed by atoms with Gasteiger partial charge in [-0.25, -0.2) is 0 Å². The summed E-state index contributed by atoms with van der Waals surface area (Å²) < 4.78 is 24.6. The van der Waals surface area contributed by atoms with E-state index in [1.54, 1.807) is 29.6 Å². The van der Waals surface area contributed by atoms with E-state index < -0.39 is 0 Å². The molecule has 1 aliphatic heterocycles. The standard InChI is InChI=1S/C28H29N7O6/c1-17(14-36)30-27(37)18-9-10-19(29-13-18)15-40-28-22-7-3-2-6-21(22)25-31-32-26(35(25)33-28)23-12-20(41-34-23)16-39-24-8-4-5-11-38-24/h2-3,6-7,9-10,12-13,17,24,36H,4-5,8,11,14-16H2,1H3,(H,30,37)/t17-,24?/m1/s1. The normalized spacial score (nSPS) is 16.2. The fraction of sp³-hybridized carbons (Fsp3) is 0.357. The van der Waals surface area contributed by atoms with E-state index in [0.29, 0.717) is 46.7 Å². The van der Waals surface area contributed by atoms with Crippen LogP contribution >= 0.6 is 0 Å². The van der Waals surface area contributed by atoms with Gasteiger partial charge < -0.3 is 29.2 Å². The second-order valence-corrected chi connectivity index (χ2v) is 9.78. The van der Waals surface area contributed by atoms with Crippen LogP contribution in [0.1, 0.15) is 48.0 Å². The third-order valence-corrected chi connectivity index (χ3v) is 6.66. The summed E-state index contributed by atoms with van der Waals surface area (Å²) in [4.78, 5) is 16.6. The predicted octanol–water partition coefficient (Wildman–Crippen LogP) is 3.06. The molecule has 2 N–H and O–H groups in total. The molecule has 4 aromatic heterocycles. The largest absolute Gasteiger partial charge is 0.470 e. The predicted molar refractivity (Wildman–Crippen MR) is 145 cm³/mol. The number of nitrogens with one attached hydrogen (secondary N) is 1. The van der Waals surface area contributed by atoms with Crippen LogP contribution in [0.5, 0.6) is 5.88 Å². The molecule has 13 nitrogen and oxygen atoms in total. The van der Waals surface area contributed by atoms with Gasteiger partial charge in [-0.05, 0) is 44.4 Å². The number of benzene rings is 1. The van der Waals surface area contributed by atoms with Crippen LogP contribution in [0.25, 0.3) is 27.9 Å². The first-order chi connectivity index (χ1) is 20.1. The van der Waals surface area contributed by atoms with Gasteiger partial charge in [0, 0.05) is 35.7 Å². The van der Waals surface area contributed by atoms with E-state index in [1.165, 1.54) is 6.20 Å². The number of carbonyl (C=O) groups is 1. The van der Waals surface area contributed by atoms with Crippen molar-refractivity contribution in [3.05, 3.63) is 65.7 Å². The molecule has 41 heavy (non-hydrogen) atoms. The van der Waals surface area contributed by atoms with Crippen LogP contribution in [0.2, 0.25) is 0 Å². The van der Waals surface area contributed by atoms with Gasteiger partial charge in [-0.15, -0.1) is 15.3 Å². The molecule has 13 heteroatoms. The van der Waals surface area contributed by atoms with E-state index in [0.717, 1.165) is 30.0 Å². The Bertz CT molecular complexity index is 1650. The molecule has 5 aromatic rings. The average molecular weight is 560 g/mol. The van der Waals surface area contributed by atoms with Crippen molar-refractivity contribution in [2.45, 2.75) is 51.7 Å². The molecule has 1 aliphatic rings. The molecule has 0 radical (unpaired) electrons. The van der Waals surface area contributed by atoms with Crippen LogP contribution in [0.4, 0.5) is 0 Å². The Hall–Kier alpha value is -4.46. The molecule has 0 saturated carbocycles. The molecular weight excluding hydrogens is 530 g/mol. The molecular formula is C28H29N7O6. The molecule has 1 amide bonds. The lowest BCUT2D eigenvalue weighted by atomic mass is 10.2. The number of nitrogens with zero attached hydrogens (tertiary/aromatic N) is 6. The lowest BCUT2D eigenvalue weighted by Gasteiger charge is -2.21. The van der Waals surface area contributed by atoms with Crippen molar-refractivity contribution >= 4 is 22.3 Å². The first kappa shape index (κ1) is 26.7. The minimum absolute atomic E-state index is 0.115. The summed E-state index contributed by atoms with van der Waals surface area (Å²) in [5.41, 5.74) is 2.00. The third-order valence-electron chi connectivity index (χ3n) is 6.66. The van der Waals surface area contributed by atoms with E-state index in [1.807, 2.05) is 24.3 Å². The molecule has 212 valence electrons. The second kappa shape index (κ2) is 12.0. The van der Waals surface area contributed by atoms with Gasteiger partial charge in [0.15, 0.2) is 23.4 Å². The van der Waals surface area contributed by atoms with Crippen molar-refractivity contribution in [3.63, 3.8) is 0 Å². The molecule has 1 aromatic carbocycles. The molecule has 1 saturated heterocycles. The van der Waals surface area contributed by atoms with Crippen molar-refractivity contribution < 1.29 is 28.6 Å². The molecule has 5 heterocycles.